The molecule has 2 rings (SSSR count). The second-order valence-corrected chi connectivity index (χ2v) is 2.60. The summed E-state index contributed by atoms with van der Waals surface area (Å²) in [7, 11) is 0. The van der Waals surface area contributed by atoms with E-state index in [1.807, 2.05) is 6.08 Å². The molecular weight excluding hydrogens is 134 g/mol. The second-order valence-electron chi connectivity index (χ2n) is 1.87. The Morgan fingerprint density at radius 1 is 1.78 bits per heavy atom. The van der Waals surface area contributed by atoms with Gasteiger partial charge in [-0.1, -0.05) is 0 Å². The van der Waals surface area contributed by atoms with E-state index in [4.69, 9.17) is 4.74 Å². The van der Waals surface area contributed by atoms with E-state index >= 15 is 0 Å². The monoisotopic (exact) mass is 139 g/mol. The van der Waals surface area contributed by atoms with Gasteiger partial charge in [0.15, 0.2) is 5.09 Å². The summed E-state index contributed by atoms with van der Waals surface area (Å²) in [4.78, 5) is 0. The van der Waals surface area contributed by atoms with Gasteiger partial charge in [-0.2, -0.15) is 4.40 Å². The van der Waals surface area contributed by atoms with Crippen LogP contribution in [-0.2, 0) is 4.74 Å². The fourth-order valence-electron chi connectivity index (χ4n) is 0.837. The van der Waals surface area contributed by atoms with Crippen molar-refractivity contribution in [3.8, 4) is 0 Å². The largest absolute Gasteiger partial charge is 0.485 e. The van der Waals surface area contributed by atoms with Crippen LogP contribution in [-0.4, -0.2) is 12.5 Å². The van der Waals surface area contributed by atoms with Gasteiger partial charge in [0, 0.05) is 18.1 Å². The van der Waals surface area contributed by atoms with E-state index in [2.05, 4.69) is 10.3 Å². The first-order valence-corrected chi connectivity index (χ1v) is 3.56. The Balaban J connectivity index is 2.37. The highest BCUT2D eigenvalue weighted by Crippen LogP contribution is 2.31. The molecule has 0 aromatic rings. The first kappa shape index (κ1) is 5.15. The molecule has 2 aliphatic rings. The lowest BCUT2D eigenvalue weighted by atomic mass is 10.2. The maximum atomic E-state index is 5.23. The molecule has 0 aliphatic carbocycles. The predicted octanol–water partition coefficient (Wildman–Crippen LogP) is 1.51. The predicted molar refractivity (Wildman–Crippen MR) is 37.2 cm³/mol. The molecule has 0 N–H and O–H groups in total. The van der Waals surface area contributed by atoms with Gasteiger partial charge in [0.05, 0.1) is 18.6 Å². The highest BCUT2D eigenvalue weighted by Gasteiger charge is 2.15. The Morgan fingerprint density at radius 3 is 3.67 bits per heavy atom. The Hall–Kier alpha value is -0.660. The minimum absolute atomic E-state index is 0.811. The number of ether oxygens (including phenoxy) is 1. The molecule has 46 valence electrons. The molecule has 0 amide bonds. The molecule has 0 radical (unpaired) electrons. The third-order valence-electron chi connectivity index (χ3n) is 1.29. The van der Waals surface area contributed by atoms with Crippen LogP contribution in [0.3, 0.4) is 0 Å². The zero-order valence-electron chi connectivity index (χ0n) is 4.76. The van der Waals surface area contributed by atoms with Gasteiger partial charge >= 0.3 is 0 Å². The van der Waals surface area contributed by atoms with E-state index in [0.717, 1.165) is 18.1 Å². The quantitative estimate of drug-likeness (QED) is 0.474. The Bertz CT molecular complexity index is 225. The third-order valence-corrected chi connectivity index (χ3v) is 2.03. The molecule has 0 fully saturated rings. The minimum atomic E-state index is 0.811. The summed E-state index contributed by atoms with van der Waals surface area (Å²) in [5.74, 6) is 2.78. The molecule has 0 saturated carbocycles. The molecular formula is C6H5NOS. The van der Waals surface area contributed by atoms with Crippen molar-refractivity contribution in [1.82, 2.24) is 0 Å². The van der Waals surface area contributed by atoms with Crippen molar-refractivity contribution < 1.29 is 4.74 Å². The SMILES string of the molecule is C1=CC2=C(OCC2)SN=1. The number of nitrogens with zero attached hydrogens (tertiary/aromatic N) is 1. The van der Waals surface area contributed by atoms with Gasteiger partial charge in [0.25, 0.3) is 0 Å². The third kappa shape index (κ3) is 0.784. The van der Waals surface area contributed by atoms with E-state index < -0.39 is 0 Å². The van der Waals surface area contributed by atoms with Crippen LogP contribution in [0.25, 0.3) is 0 Å². The van der Waals surface area contributed by atoms with Crippen LogP contribution in [0.15, 0.2) is 21.1 Å². The Morgan fingerprint density at radius 2 is 2.78 bits per heavy atom. The number of rotatable bonds is 0. The van der Waals surface area contributed by atoms with Crippen LogP contribution in [0.4, 0.5) is 0 Å². The van der Waals surface area contributed by atoms with Crippen LogP contribution >= 0.6 is 11.9 Å². The lowest BCUT2D eigenvalue weighted by molar-refractivity contribution is 0.271. The smallest absolute Gasteiger partial charge is 0.180 e. The summed E-state index contributed by atoms with van der Waals surface area (Å²) in [5, 5.41) is 0.966. The standard InChI is InChI=1S/C6H5NOS/c1-3-7-9-6-5(1)2-4-8-6/h1H,2,4H2. The maximum absolute atomic E-state index is 5.23. The molecule has 9 heavy (non-hydrogen) atoms. The average Bonchev–Trinajstić information content (AvgIpc) is 2.33. The van der Waals surface area contributed by atoms with Crippen LogP contribution in [0.1, 0.15) is 6.42 Å². The van der Waals surface area contributed by atoms with Crippen LogP contribution in [0.2, 0.25) is 0 Å². The fraction of sp³-hybridized carbons (Fsp3) is 0.333. The second kappa shape index (κ2) is 1.94. The van der Waals surface area contributed by atoms with E-state index in [0.29, 0.717) is 0 Å². The molecule has 0 unspecified atom stereocenters. The molecule has 0 aromatic heterocycles. The molecule has 2 heterocycles. The molecule has 0 saturated heterocycles. The van der Waals surface area contributed by atoms with Crippen molar-refractivity contribution >= 4 is 17.8 Å². The summed E-state index contributed by atoms with van der Waals surface area (Å²) in [6.45, 7) is 0.811. The van der Waals surface area contributed by atoms with E-state index in [1.54, 1.807) is 0 Å². The number of hydrogen-bond donors (Lipinski definition) is 0. The van der Waals surface area contributed by atoms with Gasteiger partial charge in [0.1, 0.15) is 0 Å². The molecule has 0 atom stereocenters. The molecule has 0 bridgehead atoms. The first-order chi connectivity index (χ1) is 4.47. The van der Waals surface area contributed by atoms with Gasteiger partial charge in [-0.15, -0.1) is 0 Å². The minimum Gasteiger partial charge on any atom is -0.485 e. The molecule has 0 aromatic carbocycles. The van der Waals surface area contributed by atoms with Crippen molar-refractivity contribution in [3.63, 3.8) is 0 Å². The molecule has 0 spiro atoms. The average molecular weight is 139 g/mol. The van der Waals surface area contributed by atoms with Gasteiger partial charge in [-0.3, -0.25) is 0 Å². The van der Waals surface area contributed by atoms with Crippen molar-refractivity contribution in [2.75, 3.05) is 6.61 Å². The Kier molecular flexibility index (Phi) is 1.11. The van der Waals surface area contributed by atoms with Crippen molar-refractivity contribution in [3.05, 3.63) is 16.7 Å². The molecule has 2 aliphatic heterocycles. The zero-order valence-corrected chi connectivity index (χ0v) is 5.57. The van der Waals surface area contributed by atoms with Gasteiger partial charge < -0.3 is 4.74 Å². The summed E-state index contributed by atoms with van der Waals surface area (Å²) in [6.07, 6.45) is 2.91. The van der Waals surface area contributed by atoms with Crippen molar-refractivity contribution in [2.45, 2.75) is 6.42 Å². The molecule has 2 nitrogen and oxygen atoms in total. The summed E-state index contributed by atoms with van der Waals surface area (Å²) in [5.41, 5.74) is 1.25. The summed E-state index contributed by atoms with van der Waals surface area (Å²) < 4.78 is 9.08. The zero-order chi connectivity index (χ0) is 6.10. The van der Waals surface area contributed by atoms with Gasteiger partial charge in [0.2, 0.25) is 0 Å². The highest BCUT2D eigenvalue weighted by molar-refractivity contribution is 8.01. The Labute approximate surface area is 57.4 Å². The maximum Gasteiger partial charge on any atom is 0.180 e. The fourth-order valence-corrected chi connectivity index (χ4v) is 1.44. The van der Waals surface area contributed by atoms with E-state index in [9.17, 15) is 0 Å². The van der Waals surface area contributed by atoms with Gasteiger partial charge in [-0.05, 0) is 5.87 Å². The van der Waals surface area contributed by atoms with Crippen molar-refractivity contribution in [2.24, 2.45) is 4.40 Å². The molecule has 3 heteroatoms. The highest BCUT2D eigenvalue weighted by atomic mass is 32.2. The van der Waals surface area contributed by atoms with Crippen molar-refractivity contribution in [1.29, 1.82) is 0 Å². The van der Waals surface area contributed by atoms with Gasteiger partial charge in [-0.25, -0.2) is 0 Å². The van der Waals surface area contributed by atoms with Crippen LogP contribution in [0, 0.1) is 0 Å². The normalized spacial score (nSPS) is 22.2. The number of allylic oxidation sites excluding steroid dienone is 1. The first-order valence-electron chi connectivity index (χ1n) is 2.78. The lowest BCUT2D eigenvalue weighted by Crippen LogP contribution is -1.79. The lowest BCUT2D eigenvalue weighted by Gasteiger charge is -1.98. The number of hydrogen-bond acceptors (Lipinski definition) is 3. The van der Waals surface area contributed by atoms with Crippen LogP contribution in [0.5, 0.6) is 0 Å². The summed E-state index contributed by atoms with van der Waals surface area (Å²) >= 11 is 1.37. The summed E-state index contributed by atoms with van der Waals surface area (Å²) in [6, 6.07) is 0. The topological polar surface area (TPSA) is 21.6 Å². The van der Waals surface area contributed by atoms with E-state index in [1.165, 1.54) is 17.5 Å². The van der Waals surface area contributed by atoms with E-state index in [-0.39, 0.29) is 0 Å². The van der Waals surface area contributed by atoms with Crippen LogP contribution < -0.4 is 0 Å².